The normalized spacial score (nSPS) is 15.1. The van der Waals surface area contributed by atoms with Crippen LogP contribution in [-0.4, -0.2) is 31.4 Å². The lowest BCUT2D eigenvalue weighted by Crippen LogP contribution is -2.40. The van der Waals surface area contributed by atoms with E-state index in [-0.39, 0.29) is 12.2 Å². The molecule has 0 saturated heterocycles. The molecule has 0 amide bonds. The van der Waals surface area contributed by atoms with Crippen molar-refractivity contribution in [1.29, 1.82) is 5.26 Å². The molecule has 0 unspecified atom stereocenters. The predicted molar refractivity (Wildman–Crippen MR) is 139 cm³/mol. The molecule has 2 aromatic carbocycles. The molecular weight excluding hydrogens is 546 g/mol. The summed E-state index contributed by atoms with van der Waals surface area (Å²) in [5, 5.41) is 8.82. The maximum absolute atomic E-state index is 13.7. The van der Waals surface area contributed by atoms with E-state index in [4.69, 9.17) is 19.5 Å². The number of carbonyl (C=O) groups excluding carboxylic acids is 1. The van der Waals surface area contributed by atoms with Crippen molar-refractivity contribution >= 4 is 39.3 Å². The van der Waals surface area contributed by atoms with E-state index in [1.165, 1.54) is 25.6 Å². The second-order valence-electron chi connectivity index (χ2n) is 7.67. The molecule has 1 aliphatic rings. The van der Waals surface area contributed by atoms with Crippen LogP contribution in [0.25, 0.3) is 6.08 Å². The molecule has 0 bridgehead atoms. The minimum absolute atomic E-state index is 0.122. The maximum Gasteiger partial charge on any atom is 0.338 e. The van der Waals surface area contributed by atoms with Gasteiger partial charge in [-0.15, -0.1) is 0 Å². The molecule has 0 fully saturated rings. The molecule has 1 atom stereocenters. The Kier molecular flexibility index (Phi) is 7.72. The number of halogens is 1. The lowest BCUT2D eigenvalue weighted by molar-refractivity contribution is -0.136. The monoisotopic (exact) mass is 567 g/mol. The van der Waals surface area contributed by atoms with E-state index in [0.29, 0.717) is 48.6 Å². The summed E-state index contributed by atoms with van der Waals surface area (Å²) in [7, 11) is 2.82. The minimum Gasteiger partial charge on any atom is -0.493 e. The summed E-state index contributed by atoms with van der Waals surface area (Å²) in [6.45, 7) is 1.79. The first-order valence-electron chi connectivity index (χ1n) is 11.0. The number of fused-ring (bicyclic) bond motifs is 1. The standard InChI is InChI=1S/C26H22BrN3O5S/c1-4-18-22(25(32)34-3)23(15-8-6-5-7-9-15)30-24(31)21(36-26(30)29-18)13-16-12-19(33-2)20(14-17(16)27)35-11-10-28/h5-9,12-14,23H,4,11H2,1-3H3/b21-13-/t23-/m0/s1. The summed E-state index contributed by atoms with van der Waals surface area (Å²) in [4.78, 5) is 31.7. The smallest absolute Gasteiger partial charge is 0.338 e. The van der Waals surface area contributed by atoms with Crippen molar-refractivity contribution in [2.75, 3.05) is 20.8 Å². The van der Waals surface area contributed by atoms with Crippen LogP contribution in [0, 0.1) is 11.3 Å². The first-order chi connectivity index (χ1) is 17.4. The average molecular weight is 568 g/mol. The van der Waals surface area contributed by atoms with Gasteiger partial charge in [-0.25, -0.2) is 9.79 Å². The fourth-order valence-electron chi connectivity index (χ4n) is 4.00. The molecule has 0 spiro atoms. The summed E-state index contributed by atoms with van der Waals surface area (Å²) >= 11 is 4.76. The van der Waals surface area contributed by atoms with Crippen LogP contribution in [0.2, 0.25) is 0 Å². The first kappa shape index (κ1) is 25.4. The van der Waals surface area contributed by atoms with Crippen LogP contribution >= 0.6 is 27.3 Å². The summed E-state index contributed by atoms with van der Waals surface area (Å²) in [6, 6.07) is 14.1. The zero-order valence-electron chi connectivity index (χ0n) is 19.8. The molecule has 2 heterocycles. The van der Waals surface area contributed by atoms with E-state index in [2.05, 4.69) is 20.9 Å². The van der Waals surface area contributed by atoms with Gasteiger partial charge in [-0.1, -0.05) is 64.5 Å². The van der Waals surface area contributed by atoms with Crippen LogP contribution in [-0.2, 0) is 9.53 Å². The number of methoxy groups -OCH3 is 2. The number of hydrogen-bond donors (Lipinski definition) is 0. The van der Waals surface area contributed by atoms with Gasteiger partial charge in [0, 0.05) is 4.47 Å². The number of carbonyl (C=O) groups is 1. The molecule has 4 rings (SSSR count). The van der Waals surface area contributed by atoms with Crippen molar-refractivity contribution in [2.24, 2.45) is 4.99 Å². The fraction of sp³-hybridized carbons (Fsp3) is 0.231. The second-order valence-corrected chi connectivity index (χ2v) is 9.53. The van der Waals surface area contributed by atoms with Gasteiger partial charge in [-0.05, 0) is 35.8 Å². The molecule has 0 saturated carbocycles. The lowest BCUT2D eigenvalue weighted by atomic mass is 9.95. The van der Waals surface area contributed by atoms with Crippen molar-refractivity contribution in [3.63, 3.8) is 0 Å². The van der Waals surface area contributed by atoms with Gasteiger partial charge in [0.25, 0.3) is 5.56 Å². The predicted octanol–water partition coefficient (Wildman–Crippen LogP) is 3.47. The van der Waals surface area contributed by atoms with Gasteiger partial charge in [0.15, 0.2) is 22.9 Å². The Morgan fingerprint density at radius 2 is 2.00 bits per heavy atom. The van der Waals surface area contributed by atoms with Gasteiger partial charge >= 0.3 is 5.97 Å². The van der Waals surface area contributed by atoms with Gasteiger partial charge in [0.1, 0.15) is 6.07 Å². The van der Waals surface area contributed by atoms with E-state index in [1.807, 2.05) is 43.3 Å². The van der Waals surface area contributed by atoms with Crippen LogP contribution in [0.4, 0.5) is 0 Å². The van der Waals surface area contributed by atoms with Gasteiger partial charge in [-0.3, -0.25) is 9.36 Å². The Balaban J connectivity index is 1.94. The highest BCUT2D eigenvalue weighted by atomic mass is 79.9. The van der Waals surface area contributed by atoms with Crippen LogP contribution in [0.15, 0.2) is 68.0 Å². The Morgan fingerprint density at radius 3 is 2.64 bits per heavy atom. The molecule has 8 nitrogen and oxygen atoms in total. The molecule has 0 radical (unpaired) electrons. The summed E-state index contributed by atoms with van der Waals surface area (Å²) in [5.74, 6) is 0.318. The van der Waals surface area contributed by atoms with Gasteiger partial charge < -0.3 is 14.2 Å². The fourth-order valence-corrected chi connectivity index (χ4v) is 5.45. The third kappa shape index (κ3) is 4.72. The molecule has 1 aromatic heterocycles. The first-order valence-corrected chi connectivity index (χ1v) is 12.6. The number of allylic oxidation sites excluding steroid dienone is 1. The highest BCUT2D eigenvalue weighted by molar-refractivity contribution is 9.10. The van der Waals surface area contributed by atoms with Crippen LogP contribution < -0.4 is 24.4 Å². The van der Waals surface area contributed by atoms with Crippen molar-refractivity contribution in [1.82, 2.24) is 4.57 Å². The molecule has 0 aliphatic carbocycles. The van der Waals surface area contributed by atoms with Crippen molar-refractivity contribution < 1.29 is 19.0 Å². The third-order valence-electron chi connectivity index (χ3n) is 5.63. The summed E-state index contributed by atoms with van der Waals surface area (Å²) in [5.41, 5.74) is 2.13. The van der Waals surface area contributed by atoms with Crippen LogP contribution in [0.3, 0.4) is 0 Å². The summed E-state index contributed by atoms with van der Waals surface area (Å²) < 4.78 is 18.6. The minimum atomic E-state index is -0.660. The highest BCUT2D eigenvalue weighted by Crippen LogP contribution is 2.34. The maximum atomic E-state index is 13.7. The number of nitriles is 1. The Labute approximate surface area is 219 Å². The van der Waals surface area contributed by atoms with E-state index in [1.54, 1.807) is 22.8 Å². The Hall–Kier alpha value is -3.68. The SMILES string of the molecule is CCC1=C(C(=O)OC)[C@H](c2ccccc2)n2c(s/c(=C\c3cc(OC)c(OCC#N)cc3Br)c2=O)=N1. The molecule has 184 valence electrons. The summed E-state index contributed by atoms with van der Waals surface area (Å²) in [6.07, 6.45) is 2.24. The number of nitrogens with zero attached hydrogens (tertiary/aromatic N) is 3. The van der Waals surface area contributed by atoms with Gasteiger partial charge in [0.2, 0.25) is 0 Å². The zero-order chi connectivity index (χ0) is 25.8. The van der Waals surface area contributed by atoms with Crippen LogP contribution in [0.1, 0.15) is 30.5 Å². The number of thiazole rings is 1. The van der Waals surface area contributed by atoms with E-state index >= 15 is 0 Å². The number of rotatable bonds is 7. The van der Waals surface area contributed by atoms with E-state index in [9.17, 15) is 9.59 Å². The number of benzene rings is 2. The Bertz CT molecular complexity index is 1570. The van der Waals surface area contributed by atoms with Crippen molar-refractivity contribution in [3.05, 3.63) is 89.0 Å². The quantitative estimate of drug-likeness (QED) is 0.405. The zero-order valence-corrected chi connectivity index (χ0v) is 22.2. The molecule has 0 N–H and O–H groups in total. The number of aromatic nitrogens is 1. The van der Waals surface area contributed by atoms with Crippen molar-refractivity contribution in [2.45, 2.75) is 19.4 Å². The lowest BCUT2D eigenvalue weighted by Gasteiger charge is -2.25. The van der Waals surface area contributed by atoms with Crippen LogP contribution in [0.5, 0.6) is 11.5 Å². The average Bonchev–Trinajstić information content (AvgIpc) is 3.21. The molecular formula is C26H22BrN3O5S. The number of ether oxygens (including phenoxy) is 3. The Morgan fingerprint density at radius 1 is 1.25 bits per heavy atom. The molecule has 36 heavy (non-hydrogen) atoms. The topological polar surface area (TPSA) is 103 Å². The van der Waals surface area contributed by atoms with Crippen molar-refractivity contribution in [3.8, 4) is 17.6 Å². The van der Waals surface area contributed by atoms with Gasteiger partial charge in [0.05, 0.1) is 36.1 Å². The third-order valence-corrected chi connectivity index (χ3v) is 7.30. The number of esters is 1. The molecule has 10 heteroatoms. The molecule has 1 aliphatic heterocycles. The van der Waals surface area contributed by atoms with E-state index in [0.717, 1.165) is 5.56 Å². The molecule has 3 aromatic rings. The largest absolute Gasteiger partial charge is 0.493 e. The second kappa shape index (κ2) is 10.9. The highest BCUT2D eigenvalue weighted by Gasteiger charge is 2.33. The number of hydrogen-bond acceptors (Lipinski definition) is 8. The van der Waals surface area contributed by atoms with E-state index < -0.39 is 12.0 Å². The van der Waals surface area contributed by atoms with Gasteiger partial charge in [-0.2, -0.15) is 5.26 Å².